The third kappa shape index (κ3) is 3.93. The van der Waals surface area contributed by atoms with Gasteiger partial charge in [0.25, 0.3) is 0 Å². The zero-order valence-electron chi connectivity index (χ0n) is 14.3. The number of hydrogen-bond donors (Lipinski definition) is 2. The maximum absolute atomic E-state index is 12.3. The third-order valence-corrected chi connectivity index (χ3v) is 3.72. The summed E-state index contributed by atoms with van der Waals surface area (Å²) in [4.78, 5) is 25.9. The van der Waals surface area contributed by atoms with Gasteiger partial charge in [-0.15, -0.1) is 0 Å². The second-order valence-electron chi connectivity index (χ2n) is 6.63. The van der Waals surface area contributed by atoms with Crippen LogP contribution in [-0.2, 0) is 15.0 Å². The highest BCUT2D eigenvalue weighted by Gasteiger charge is 2.23. The molecule has 0 atom stereocenters. The summed E-state index contributed by atoms with van der Waals surface area (Å²) in [5.41, 5.74) is 1.95. The smallest absolute Gasteiger partial charge is 0.316 e. The molecule has 0 heterocycles. The average molecular weight is 326 g/mol. The van der Waals surface area contributed by atoms with Crippen molar-refractivity contribution in [1.82, 2.24) is 0 Å². The molecule has 0 fully saturated rings. The van der Waals surface area contributed by atoms with Crippen LogP contribution in [-0.4, -0.2) is 24.0 Å². The lowest BCUT2D eigenvalue weighted by Crippen LogP contribution is -2.37. The fraction of sp³-hybridized carbons (Fsp3) is 0.263. The lowest BCUT2D eigenvalue weighted by molar-refractivity contribution is -0.134. The molecule has 5 heteroatoms. The zero-order chi connectivity index (χ0) is 17.9. The van der Waals surface area contributed by atoms with E-state index in [-0.39, 0.29) is 11.2 Å². The number of carbonyl (C=O) groups excluding carboxylic acids is 2. The van der Waals surface area contributed by atoms with Crippen LogP contribution in [0.3, 0.4) is 0 Å². The second kappa shape index (κ2) is 6.74. The SMILES string of the molecule is CN(C(=O)C(=O)Nc1ccccc1C(C)(C)C)c1ccc(O)cc1. The highest BCUT2D eigenvalue weighted by atomic mass is 16.3. The maximum Gasteiger partial charge on any atom is 0.316 e. The minimum atomic E-state index is -0.706. The molecular weight excluding hydrogens is 304 g/mol. The second-order valence-corrected chi connectivity index (χ2v) is 6.63. The van der Waals surface area contributed by atoms with Crippen molar-refractivity contribution >= 4 is 23.2 Å². The van der Waals surface area contributed by atoms with E-state index >= 15 is 0 Å². The standard InChI is InChI=1S/C19H22N2O3/c1-19(2,3)15-7-5-6-8-16(15)20-17(23)18(24)21(4)13-9-11-14(22)12-10-13/h5-12,22H,1-4H3,(H,20,23). The topological polar surface area (TPSA) is 69.6 Å². The van der Waals surface area contributed by atoms with Crippen LogP contribution < -0.4 is 10.2 Å². The van der Waals surface area contributed by atoms with E-state index in [0.29, 0.717) is 11.4 Å². The molecule has 5 nitrogen and oxygen atoms in total. The van der Waals surface area contributed by atoms with E-state index in [2.05, 4.69) is 5.32 Å². The first-order valence-corrected chi connectivity index (χ1v) is 7.67. The number of phenolic OH excluding ortho intramolecular Hbond substituents is 1. The number of benzene rings is 2. The molecule has 0 radical (unpaired) electrons. The molecule has 0 aliphatic rings. The first-order valence-electron chi connectivity index (χ1n) is 7.67. The van der Waals surface area contributed by atoms with Crippen molar-refractivity contribution in [2.45, 2.75) is 26.2 Å². The van der Waals surface area contributed by atoms with Gasteiger partial charge in [-0.25, -0.2) is 0 Å². The summed E-state index contributed by atoms with van der Waals surface area (Å²) in [5, 5.41) is 12.0. The lowest BCUT2D eigenvalue weighted by Gasteiger charge is -2.23. The third-order valence-electron chi connectivity index (χ3n) is 3.72. The summed E-state index contributed by atoms with van der Waals surface area (Å²) in [5.74, 6) is -1.28. The van der Waals surface area contributed by atoms with E-state index in [1.807, 2.05) is 39.0 Å². The quantitative estimate of drug-likeness (QED) is 0.832. The highest BCUT2D eigenvalue weighted by molar-refractivity contribution is 6.44. The van der Waals surface area contributed by atoms with Crippen LogP contribution in [0.25, 0.3) is 0 Å². The van der Waals surface area contributed by atoms with E-state index < -0.39 is 11.8 Å². The van der Waals surface area contributed by atoms with Crippen molar-refractivity contribution in [3.63, 3.8) is 0 Å². The number of para-hydroxylation sites is 1. The maximum atomic E-state index is 12.3. The molecule has 0 spiro atoms. The predicted octanol–water partition coefficient (Wildman–Crippen LogP) is 3.29. The van der Waals surface area contributed by atoms with Crippen molar-refractivity contribution in [2.24, 2.45) is 0 Å². The Balaban J connectivity index is 2.18. The summed E-state index contributed by atoms with van der Waals surface area (Å²) >= 11 is 0. The van der Waals surface area contributed by atoms with E-state index in [4.69, 9.17) is 0 Å². The number of phenols is 1. The molecule has 2 N–H and O–H groups in total. The monoisotopic (exact) mass is 326 g/mol. The van der Waals surface area contributed by atoms with Crippen molar-refractivity contribution < 1.29 is 14.7 Å². The number of nitrogens with zero attached hydrogens (tertiary/aromatic N) is 1. The van der Waals surface area contributed by atoms with Gasteiger partial charge in [0.1, 0.15) is 5.75 Å². The Labute approximate surface area is 141 Å². The van der Waals surface area contributed by atoms with Gasteiger partial charge in [0.15, 0.2) is 0 Å². The van der Waals surface area contributed by atoms with Crippen molar-refractivity contribution in [3.8, 4) is 5.75 Å². The van der Waals surface area contributed by atoms with Gasteiger partial charge in [-0.05, 0) is 41.3 Å². The average Bonchev–Trinajstić information content (AvgIpc) is 2.53. The van der Waals surface area contributed by atoms with Crippen molar-refractivity contribution in [3.05, 3.63) is 54.1 Å². The summed E-state index contributed by atoms with van der Waals surface area (Å²) in [6.07, 6.45) is 0. The van der Waals surface area contributed by atoms with Gasteiger partial charge < -0.3 is 15.3 Å². The fourth-order valence-electron chi connectivity index (χ4n) is 2.37. The molecule has 2 rings (SSSR count). The van der Waals surface area contributed by atoms with Gasteiger partial charge in [0.2, 0.25) is 0 Å². The van der Waals surface area contributed by atoms with Crippen LogP contribution in [0.2, 0.25) is 0 Å². The molecule has 126 valence electrons. The predicted molar refractivity (Wildman–Crippen MR) is 95.3 cm³/mol. The molecule has 0 unspecified atom stereocenters. The molecule has 0 saturated carbocycles. The molecule has 24 heavy (non-hydrogen) atoms. The van der Waals surface area contributed by atoms with Crippen molar-refractivity contribution in [2.75, 3.05) is 17.3 Å². The largest absolute Gasteiger partial charge is 0.508 e. The van der Waals surface area contributed by atoms with E-state index in [1.165, 1.54) is 24.1 Å². The minimum absolute atomic E-state index is 0.100. The Bertz CT molecular complexity index is 746. The number of nitrogens with one attached hydrogen (secondary N) is 1. The summed E-state index contributed by atoms with van der Waals surface area (Å²) in [7, 11) is 1.52. The molecular formula is C19H22N2O3. The molecule has 0 bridgehead atoms. The Morgan fingerprint density at radius 1 is 1.00 bits per heavy atom. The van der Waals surface area contributed by atoms with Crippen LogP contribution in [0.5, 0.6) is 5.75 Å². The number of likely N-dealkylation sites (N-methyl/N-ethyl adjacent to an activating group) is 1. The number of carbonyl (C=O) groups is 2. The highest BCUT2D eigenvalue weighted by Crippen LogP contribution is 2.29. The molecule has 0 aromatic heterocycles. The van der Waals surface area contributed by atoms with Crippen LogP contribution in [0, 0.1) is 0 Å². The molecule has 0 saturated heterocycles. The van der Waals surface area contributed by atoms with Crippen LogP contribution >= 0.6 is 0 Å². The fourth-order valence-corrected chi connectivity index (χ4v) is 2.37. The lowest BCUT2D eigenvalue weighted by atomic mass is 9.86. The Morgan fingerprint density at radius 2 is 1.58 bits per heavy atom. The number of aromatic hydroxyl groups is 1. The Kier molecular flexibility index (Phi) is 4.93. The van der Waals surface area contributed by atoms with E-state index in [0.717, 1.165) is 5.56 Å². The molecule has 2 amide bonds. The molecule has 0 aliphatic heterocycles. The zero-order valence-corrected chi connectivity index (χ0v) is 14.3. The van der Waals surface area contributed by atoms with Crippen LogP contribution in [0.15, 0.2) is 48.5 Å². The summed E-state index contributed by atoms with van der Waals surface area (Å²) in [6, 6.07) is 13.5. The Hall–Kier alpha value is -2.82. The first-order chi connectivity index (χ1) is 11.2. The normalized spacial score (nSPS) is 11.0. The van der Waals surface area contributed by atoms with Gasteiger partial charge in [-0.1, -0.05) is 39.0 Å². The number of anilines is 2. The summed E-state index contributed by atoms with van der Waals surface area (Å²) in [6.45, 7) is 6.13. The number of amides is 2. The number of rotatable bonds is 2. The van der Waals surface area contributed by atoms with E-state index in [1.54, 1.807) is 18.2 Å². The van der Waals surface area contributed by atoms with Crippen molar-refractivity contribution in [1.29, 1.82) is 0 Å². The van der Waals surface area contributed by atoms with Gasteiger partial charge >= 0.3 is 11.8 Å². The minimum Gasteiger partial charge on any atom is -0.508 e. The Morgan fingerprint density at radius 3 is 2.17 bits per heavy atom. The van der Waals surface area contributed by atoms with Gasteiger partial charge in [-0.2, -0.15) is 0 Å². The molecule has 2 aromatic carbocycles. The number of hydrogen-bond acceptors (Lipinski definition) is 3. The first kappa shape index (κ1) is 17.5. The van der Waals surface area contributed by atoms with Gasteiger partial charge in [-0.3, -0.25) is 9.59 Å². The molecule has 2 aromatic rings. The van der Waals surface area contributed by atoms with Gasteiger partial charge in [0.05, 0.1) is 0 Å². The van der Waals surface area contributed by atoms with Gasteiger partial charge in [0, 0.05) is 18.4 Å². The van der Waals surface area contributed by atoms with Crippen LogP contribution in [0.4, 0.5) is 11.4 Å². The summed E-state index contributed by atoms with van der Waals surface area (Å²) < 4.78 is 0. The molecule has 0 aliphatic carbocycles. The van der Waals surface area contributed by atoms with Crippen LogP contribution in [0.1, 0.15) is 26.3 Å². The van der Waals surface area contributed by atoms with E-state index in [9.17, 15) is 14.7 Å².